The van der Waals surface area contributed by atoms with Crippen LogP contribution in [0.2, 0.25) is 0 Å². The number of nitrogens with zero attached hydrogens (tertiary/aromatic N) is 1. The molecule has 0 fully saturated rings. The van der Waals surface area contributed by atoms with Crippen LogP contribution >= 0.6 is 0 Å². The first-order valence-electron chi connectivity index (χ1n) is 10.7. The van der Waals surface area contributed by atoms with Gasteiger partial charge in [-0.2, -0.15) is 0 Å². The third-order valence-electron chi connectivity index (χ3n) is 5.46. The Morgan fingerprint density at radius 1 is 1.03 bits per heavy atom. The number of nitrogens with one attached hydrogen (secondary N) is 1. The lowest BCUT2D eigenvalue weighted by atomic mass is 9.98. The monoisotopic (exact) mass is 436 g/mol. The van der Waals surface area contributed by atoms with Crippen LogP contribution in [-0.2, 0) is 14.3 Å². The molecule has 168 valence electrons. The number of carboxylic acids is 1. The van der Waals surface area contributed by atoms with E-state index in [2.05, 4.69) is 36.2 Å². The van der Waals surface area contributed by atoms with Gasteiger partial charge in [-0.3, -0.25) is 9.59 Å². The number of carbonyl (C=O) groups is 3. The number of amides is 2. The van der Waals surface area contributed by atoms with Crippen molar-refractivity contribution in [2.45, 2.75) is 25.2 Å². The van der Waals surface area contributed by atoms with Crippen LogP contribution in [0.3, 0.4) is 0 Å². The van der Waals surface area contributed by atoms with E-state index >= 15 is 0 Å². The second-order valence-corrected chi connectivity index (χ2v) is 7.67. The summed E-state index contributed by atoms with van der Waals surface area (Å²) < 4.78 is 5.48. The molecule has 2 N–H and O–H groups in total. The molecular formula is C25H28N2O5. The number of unbranched alkanes of at least 4 members (excludes halogenated alkanes) is 1. The molecule has 3 rings (SSSR count). The Morgan fingerprint density at radius 3 is 2.25 bits per heavy atom. The number of ether oxygens (including phenoxy) is 1. The lowest BCUT2D eigenvalue weighted by Crippen LogP contribution is -2.35. The maximum Gasteiger partial charge on any atom is 0.407 e. The molecule has 32 heavy (non-hydrogen) atoms. The molecule has 0 unspecified atom stereocenters. The van der Waals surface area contributed by atoms with Crippen molar-refractivity contribution in [1.82, 2.24) is 10.2 Å². The summed E-state index contributed by atoms with van der Waals surface area (Å²) in [5.41, 5.74) is 4.67. The van der Waals surface area contributed by atoms with Crippen molar-refractivity contribution >= 4 is 18.0 Å². The summed E-state index contributed by atoms with van der Waals surface area (Å²) in [4.78, 5) is 36.4. The number of aliphatic carboxylic acids is 1. The van der Waals surface area contributed by atoms with Crippen LogP contribution in [0.4, 0.5) is 4.79 Å². The maximum atomic E-state index is 12.2. The van der Waals surface area contributed by atoms with Gasteiger partial charge >= 0.3 is 12.1 Å². The summed E-state index contributed by atoms with van der Waals surface area (Å²) in [5.74, 6) is -1.29. The predicted molar refractivity (Wildman–Crippen MR) is 121 cm³/mol. The van der Waals surface area contributed by atoms with Crippen LogP contribution in [0, 0.1) is 0 Å². The van der Waals surface area contributed by atoms with Gasteiger partial charge in [-0.1, -0.05) is 54.6 Å². The van der Waals surface area contributed by atoms with E-state index in [0.29, 0.717) is 19.4 Å². The van der Waals surface area contributed by atoms with Crippen LogP contribution in [0.1, 0.15) is 36.3 Å². The van der Waals surface area contributed by atoms with Gasteiger partial charge in [0.05, 0.1) is 0 Å². The minimum atomic E-state index is -1.06. The molecule has 0 atom stereocenters. The highest BCUT2D eigenvalue weighted by atomic mass is 16.5. The van der Waals surface area contributed by atoms with E-state index in [1.807, 2.05) is 24.3 Å². The lowest BCUT2D eigenvalue weighted by Gasteiger charge is -2.18. The number of rotatable bonds is 11. The molecule has 0 saturated heterocycles. The Kier molecular flexibility index (Phi) is 8.02. The van der Waals surface area contributed by atoms with E-state index < -0.39 is 12.1 Å². The average Bonchev–Trinajstić information content (AvgIpc) is 3.10. The zero-order valence-corrected chi connectivity index (χ0v) is 18.0. The fourth-order valence-corrected chi connectivity index (χ4v) is 3.97. The zero-order valence-electron chi connectivity index (χ0n) is 18.0. The van der Waals surface area contributed by atoms with Crippen molar-refractivity contribution in [3.63, 3.8) is 0 Å². The summed E-state index contributed by atoms with van der Waals surface area (Å²) in [5, 5.41) is 11.6. The van der Waals surface area contributed by atoms with Gasteiger partial charge in [-0.25, -0.2) is 4.79 Å². The molecule has 1 aliphatic rings. The predicted octanol–water partition coefficient (Wildman–Crippen LogP) is 3.79. The van der Waals surface area contributed by atoms with Gasteiger partial charge in [0.2, 0.25) is 5.91 Å². The van der Waals surface area contributed by atoms with Gasteiger partial charge in [-0.05, 0) is 35.1 Å². The van der Waals surface area contributed by atoms with Gasteiger partial charge < -0.3 is 20.1 Å². The summed E-state index contributed by atoms with van der Waals surface area (Å²) in [6, 6.07) is 16.3. The Morgan fingerprint density at radius 2 is 1.66 bits per heavy atom. The Bertz CT molecular complexity index is 942. The Hall–Kier alpha value is -3.61. The molecule has 0 heterocycles. The molecule has 7 nitrogen and oxygen atoms in total. The van der Waals surface area contributed by atoms with Crippen LogP contribution in [0.5, 0.6) is 0 Å². The fraction of sp³-hybridized carbons (Fsp3) is 0.320. The number of alkyl carbamates (subject to hydrolysis) is 1. The zero-order chi connectivity index (χ0) is 22.9. The molecule has 1 aliphatic carbocycles. The van der Waals surface area contributed by atoms with Crippen LogP contribution in [0.25, 0.3) is 11.1 Å². The molecule has 0 aliphatic heterocycles. The molecule has 0 radical (unpaired) electrons. The summed E-state index contributed by atoms with van der Waals surface area (Å²) >= 11 is 0. The van der Waals surface area contributed by atoms with Crippen LogP contribution in [0.15, 0.2) is 61.2 Å². The second-order valence-electron chi connectivity index (χ2n) is 7.67. The Labute approximate surface area is 187 Å². The first-order valence-corrected chi connectivity index (χ1v) is 10.7. The number of hydrogen-bond acceptors (Lipinski definition) is 4. The van der Waals surface area contributed by atoms with Gasteiger partial charge in [0.1, 0.15) is 13.2 Å². The second kappa shape index (κ2) is 11.1. The van der Waals surface area contributed by atoms with Gasteiger partial charge in [0.15, 0.2) is 0 Å². The minimum absolute atomic E-state index is 0.0100. The molecule has 2 amide bonds. The van der Waals surface area contributed by atoms with E-state index in [1.54, 1.807) is 0 Å². The highest BCUT2D eigenvalue weighted by Crippen LogP contribution is 2.44. The van der Waals surface area contributed by atoms with Gasteiger partial charge in [0.25, 0.3) is 0 Å². The lowest BCUT2D eigenvalue weighted by molar-refractivity contribution is -0.144. The first kappa shape index (κ1) is 23.1. The van der Waals surface area contributed by atoms with Crippen molar-refractivity contribution in [2.24, 2.45) is 0 Å². The van der Waals surface area contributed by atoms with Crippen molar-refractivity contribution in [3.8, 4) is 11.1 Å². The number of hydrogen-bond donors (Lipinski definition) is 2. The van der Waals surface area contributed by atoms with E-state index in [4.69, 9.17) is 9.84 Å². The van der Waals surface area contributed by atoms with E-state index in [0.717, 1.165) is 11.1 Å². The topological polar surface area (TPSA) is 95.9 Å². The molecule has 7 heteroatoms. The smallest absolute Gasteiger partial charge is 0.407 e. The number of carboxylic acid groups (broad SMARTS) is 1. The van der Waals surface area contributed by atoms with Crippen LogP contribution in [-0.4, -0.2) is 54.2 Å². The minimum Gasteiger partial charge on any atom is -0.480 e. The largest absolute Gasteiger partial charge is 0.480 e. The van der Waals surface area contributed by atoms with Crippen molar-refractivity contribution in [3.05, 3.63) is 72.3 Å². The number of benzene rings is 2. The first-order chi connectivity index (χ1) is 15.5. The van der Waals surface area contributed by atoms with Gasteiger partial charge in [0, 0.05) is 25.4 Å². The molecular weight excluding hydrogens is 408 g/mol. The normalized spacial score (nSPS) is 11.9. The molecule has 2 aromatic carbocycles. The van der Waals surface area contributed by atoms with Crippen molar-refractivity contribution in [1.29, 1.82) is 0 Å². The molecule has 0 bridgehead atoms. The van der Waals surface area contributed by atoms with E-state index in [1.165, 1.54) is 22.1 Å². The number of fused-ring (bicyclic) bond motifs is 3. The Balaban J connectivity index is 1.40. The fourth-order valence-electron chi connectivity index (χ4n) is 3.97. The van der Waals surface area contributed by atoms with Gasteiger partial charge in [-0.15, -0.1) is 6.58 Å². The molecule has 0 aromatic heterocycles. The highest BCUT2D eigenvalue weighted by Gasteiger charge is 2.28. The van der Waals surface area contributed by atoms with Crippen molar-refractivity contribution < 1.29 is 24.2 Å². The molecule has 0 saturated carbocycles. The summed E-state index contributed by atoms with van der Waals surface area (Å²) in [6.07, 6.45) is 2.35. The quantitative estimate of drug-likeness (QED) is 0.413. The third-order valence-corrected chi connectivity index (χ3v) is 5.46. The molecule has 0 spiro atoms. The third kappa shape index (κ3) is 5.75. The SMILES string of the molecule is C=CCN(CC(=O)O)C(=O)CCCCNC(=O)OCC1c2ccccc2-c2ccccc21. The maximum absolute atomic E-state index is 12.2. The number of carbonyl (C=O) groups excluding carboxylic acids is 2. The average molecular weight is 437 g/mol. The van der Waals surface area contributed by atoms with Crippen molar-refractivity contribution in [2.75, 3.05) is 26.2 Å². The summed E-state index contributed by atoms with van der Waals surface area (Å²) in [7, 11) is 0. The summed E-state index contributed by atoms with van der Waals surface area (Å²) in [6.45, 7) is 4.03. The van der Waals surface area contributed by atoms with Crippen LogP contribution < -0.4 is 5.32 Å². The highest BCUT2D eigenvalue weighted by molar-refractivity contribution is 5.81. The van der Waals surface area contributed by atoms with E-state index in [9.17, 15) is 14.4 Å². The standard InChI is InChI=1S/C25H28N2O5/c1-2-15-27(16-24(29)30)23(28)13-7-8-14-26-25(31)32-17-22-20-11-5-3-9-18(20)19-10-4-6-12-21(19)22/h2-6,9-12,22H,1,7-8,13-17H2,(H,26,31)(H,29,30). The van der Waals surface area contributed by atoms with E-state index in [-0.39, 0.29) is 37.9 Å². The molecule has 2 aromatic rings.